The lowest BCUT2D eigenvalue weighted by atomic mass is 10.1. The average molecular weight is 401 g/mol. The largest absolute Gasteiger partial charge is 0.367 e. The minimum absolute atomic E-state index is 0.269. The lowest BCUT2D eigenvalue weighted by Gasteiger charge is -2.08. The molecule has 4 heterocycles. The van der Waals surface area contributed by atoms with E-state index in [9.17, 15) is 4.39 Å². The number of nitrogens with one attached hydrogen (secondary N) is 1. The summed E-state index contributed by atoms with van der Waals surface area (Å²) in [6.45, 7) is 3.89. The van der Waals surface area contributed by atoms with Gasteiger partial charge in [0.1, 0.15) is 23.0 Å². The van der Waals surface area contributed by atoms with Crippen molar-refractivity contribution >= 4 is 16.9 Å². The molecule has 0 amide bonds. The SMILES string of the molecule is CCc1cnc(-c2nn(Cc3ccccc3F)c3ncccc23)nc1C1=NCCN1. The summed E-state index contributed by atoms with van der Waals surface area (Å²) in [6.07, 6.45) is 4.34. The molecule has 5 rings (SSSR count). The van der Waals surface area contributed by atoms with Crippen molar-refractivity contribution in [3.63, 3.8) is 0 Å². The Morgan fingerprint density at radius 3 is 2.77 bits per heavy atom. The molecular weight excluding hydrogens is 381 g/mol. The molecule has 1 N–H and O–H groups in total. The summed E-state index contributed by atoms with van der Waals surface area (Å²) < 4.78 is 15.9. The van der Waals surface area contributed by atoms with Crippen LogP contribution in [0.5, 0.6) is 0 Å². The van der Waals surface area contributed by atoms with E-state index >= 15 is 0 Å². The summed E-state index contributed by atoms with van der Waals surface area (Å²) >= 11 is 0. The first-order valence-electron chi connectivity index (χ1n) is 9.94. The number of benzene rings is 1. The summed E-state index contributed by atoms with van der Waals surface area (Å²) in [4.78, 5) is 18.4. The van der Waals surface area contributed by atoms with Gasteiger partial charge in [0, 0.05) is 24.5 Å². The first-order valence-corrected chi connectivity index (χ1v) is 9.94. The van der Waals surface area contributed by atoms with Crippen molar-refractivity contribution in [2.24, 2.45) is 4.99 Å². The number of aryl methyl sites for hydroxylation is 1. The van der Waals surface area contributed by atoms with Crippen molar-refractivity contribution < 1.29 is 4.39 Å². The monoisotopic (exact) mass is 401 g/mol. The molecule has 7 nitrogen and oxygen atoms in total. The van der Waals surface area contributed by atoms with E-state index in [1.807, 2.05) is 24.4 Å². The van der Waals surface area contributed by atoms with Crippen LogP contribution in [0.1, 0.15) is 23.7 Å². The van der Waals surface area contributed by atoms with Gasteiger partial charge in [0.05, 0.1) is 18.5 Å². The van der Waals surface area contributed by atoms with Gasteiger partial charge < -0.3 is 5.32 Å². The molecule has 150 valence electrons. The first-order chi connectivity index (χ1) is 14.7. The molecule has 0 radical (unpaired) electrons. The molecule has 0 unspecified atom stereocenters. The standard InChI is InChI=1S/C22H20FN7/c1-2-14-12-27-21(28-18(14)20-24-10-11-25-20)19-16-7-5-9-26-22(16)30(29-19)13-15-6-3-4-8-17(15)23/h3-9,12H,2,10-11,13H2,1H3,(H,24,25). The smallest absolute Gasteiger partial charge is 0.181 e. The van der Waals surface area contributed by atoms with E-state index in [0.29, 0.717) is 22.7 Å². The second-order valence-electron chi connectivity index (χ2n) is 7.05. The predicted molar refractivity (Wildman–Crippen MR) is 113 cm³/mol. The Morgan fingerprint density at radius 2 is 1.97 bits per heavy atom. The van der Waals surface area contributed by atoms with E-state index in [-0.39, 0.29) is 12.4 Å². The summed E-state index contributed by atoms with van der Waals surface area (Å²) in [7, 11) is 0. The quantitative estimate of drug-likeness (QED) is 0.556. The van der Waals surface area contributed by atoms with Crippen LogP contribution in [0, 0.1) is 5.82 Å². The van der Waals surface area contributed by atoms with Gasteiger partial charge in [-0.15, -0.1) is 0 Å². The summed E-state index contributed by atoms with van der Waals surface area (Å²) in [6, 6.07) is 10.5. The Balaban J connectivity index is 1.63. The molecule has 3 aromatic heterocycles. The fraction of sp³-hybridized carbons (Fsp3) is 0.227. The maximum Gasteiger partial charge on any atom is 0.181 e. The Kier molecular flexibility index (Phi) is 4.66. The number of rotatable bonds is 5. The van der Waals surface area contributed by atoms with Gasteiger partial charge in [-0.3, -0.25) is 4.99 Å². The fourth-order valence-corrected chi connectivity index (χ4v) is 3.61. The normalized spacial score (nSPS) is 13.5. The molecule has 0 bridgehead atoms. The number of amidine groups is 1. The van der Waals surface area contributed by atoms with Crippen LogP contribution in [-0.4, -0.2) is 43.7 Å². The van der Waals surface area contributed by atoms with E-state index < -0.39 is 0 Å². The predicted octanol–water partition coefficient (Wildman–Crippen LogP) is 2.99. The molecule has 0 fully saturated rings. The van der Waals surface area contributed by atoms with Crippen LogP contribution in [0.4, 0.5) is 4.39 Å². The zero-order valence-corrected chi connectivity index (χ0v) is 16.5. The van der Waals surface area contributed by atoms with Crippen LogP contribution >= 0.6 is 0 Å². The number of halogens is 1. The molecule has 4 aromatic rings. The maximum absolute atomic E-state index is 14.2. The molecule has 0 saturated carbocycles. The highest BCUT2D eigenvalue weighted by molar-refractivity contribution is 6.00. The lowest BCUT2D eigenvalue weighted by molar-refractivity contribution is 0.589. The molecule has 8 heteroatoms. The first kappa shape index (κ1) is 18.4. The third-order valence-corrected chi connectivity index (χ3v) is 5.14. The molecule has 1 aliphatic heterocycles. The fourth-order valence-electron chi connectivity index (χ4n) is 3.61. The van der Waals surface area contributed by atoms with Crippen LogP contribution in [0.15, 0.2) is 53.8 Å². The van der Waals surface area contributed by atoms with Crippen molar-refractivity contribution in [2.75, 3.05) is 13.1 Å². The summed E-state index contributed by atoms with van der Waals surface area (Å²) in [5.41, 5.74) is 3.67. The number of hydrogen-bond acceptors (Lipinski definition) is 6. The van der Waals surface area contributed by atoms with Gasteiger partial charge in [0.25, 0.3) is 0 Å². The van der Waals surface area contributed by atoms with Crippen LogP contribution < -0.4 is 5.32 Å². The number of fused-ring (bicyclic) bond motifs is 1. The van der Waals surface area contributed by atoms with Gasteiger partial charge in [-0.1, -0.05) is 25.1 Å². The van der Waals surface area contributed by atoms with Gasteiger partial charge in [-0.25, -0.2) is 24.0 Å². The van der Waals surface area contributed by atoms with Gasteiger partial charge in [-0.05, 0) is 30.2 Å². The highest BCUT2D eigenvalue weighted by Gasteiger charge is 2.20. The van der Waals surface area contributed by atoms with Crippen molar-refractivity contribution in [1.82, 2.24) is 30.0 Å². The average Bonchev–Trinajstić information content (AvgIpc) is 3.44. The van der Waals surface area contributed by atoms with Crippen LogP contribution in [-0.2, 0) is 13.0 Å². The number of nitrogens with zero attached hydrogens (tertiary/aromatic N) is 6. The molecule has 30 heavy (non-hydrogen) atoms. The summed E-state index contributed by atoms with van der Waals surface area (Å²) in [5, 5.41) is 8.83. The van der Waals surface area contributed by atoms with Crippen LogP contribution in [0.3, 0.4) is 0 Å². The molecule has 0 atom stereocenters. The summed E-state index contributed by atoms with van der Waals surface area (Å²) in [5.74, 6) is 1.03. The van der Waals surface area contributed by atoms with Crippen molar-refractivity contribution in [3.8, 4) is 11.5 Å². The third kappa shape index (κ3) is 3.20. The van der Waals surface area contributed by atoms with E-state index in [1.54, 1.807) is 23.0 Å². The highest BCUT2D eigenvalue weighted by Crippen LogP contribution is 2.26. The van der Waals surface area contributed by atoms with Gasteiger partial charge in [-0.2, -0.15) is 5.10 Å². The van der Waals surface area contributed by atoms with Gasteiger partial charge in [0.2, 0.25) is 0 Å². The Bertz CT molecular complexity index is 1260. The maximum atomic E-state index is 14.2. The number of hydrogen-bond donors (Lipinski definition) is 1. The molecule has 1 aliphatic rings. The van der Waals surface area contributed by atoms with Gasteiger partial charge in [0.15, 0.2) is 11.5 Å². The van der Waals surface area contributed by atoms with Crippen LogP contribution in [0.25, 0.3) is 22.6 Å². The second kappa shape index (κ2) is 7.62. The molecular formula is C22H20FN7. The zero-order valence-electron chi connectivity index (χ0n) is 16.5. The van der Waals surface area contributed by atoms with Crippen molar-refractivity contribution in [1.29, 1.82) is 0 Å². The minimum Gasteiger partial charge on any atom is -0.367 e. The van der Waals surface area contributed by atoms with Crippen LogP contribution in [0.2, 0.25) is 0 Å². The number of aliphatic imine (C=N–C) groups is 1. The zero-order chi connectivity index (χ0) is 20.5. The topological polar surface area (TPSA) is 80.9 Å². The van der Waals surface area contributed by atoms with E-state index in [0.717, 1.165) is 42.0 Å². The highest BCUT2D eigenvalue weighted by atomic mass is 19.1. The number of pyridine rings is 1. The third-order valence-electron chi connectivity index (χ3n) is 5.14. The molecule has 0 aliphatic carbocycles. The molecule has 0 saturated heterocycles. The van der Waals surface area contributed by atoms with Crippen molar-refractivity contribution in [2.45, 2.75) is 19.9 Å². The Morgan fingerprint density at radius 1 is 1.07 bits per heavy atom. The lowest BCUT2D eigenvalue weighted by Crippen LogP contribution is -2.22. The van der Waals surface area contributed by atoms with E-state index in [2.05, 4.69) is 27.2 Å². The number of aromatic nitrogens is 5. The van der Waals surface area contributed by atoms with E-state index in [1.165, 1.54) is 6.07 Å². The second-order valence-corrected chi connectivity index (χ2v) is 7.05. The minimum atomic E-state index is -0.269. The molecule has 0 spiro atoms. The van der Waals surface area contributed by atoms with Gasteiger partial charge >= 0.3 is 0 Å². The van der Waals surface area contributed by atoms with E-state index in [4.69, 9.17) is 10.1 Å². The molecule has 1 aromatic carbocycles. The Hall–Kier alpha value is -3.68. The Labute approximate surface area is 172 Å². The van der Waals surface area contributed by atoms with Crippen molar-refractivity contribution in [3.05, 3.63) is 71.4 Å².